The first-order valence-corrected chi connectivity index (χ1v) is 5.09. The van der Waals surface area contributed by atoms with Gasteiger partial charge in [-0.2, -0.15) is 0 Å². The van der Waals surface area contributed by atoms with Crippen LogP contribution in [0.25, 0.3) is 0 Å². The highest BCUT2D eigenvalue weighted by Crippen LogP contribution is 2.09. The fourth-order valence-corrected chi connectivity index (χ4v) is 1.29. The van der Waals surface area contributed by atoms with E-state index >= 15 is 0 Å². The molecule has 1 aromatic carbocycles. The summed E-state index contributed by atoms with van der Waals surface area (Å²) in [5.41, 5.74) is 0.534. The molecule has 6 heteroatoms. The predicted octanol–water partition coefficient (Wildman–Crippen LogP) is 0.710. The molecule has 0 aliphatic carbocycles. The summed E-state index contributed by atoms with van der Waals surface area (Å²) in [5, 5.41) is 11.3. The molecule has 0 aliphatic rings. The third-order valence-corrected chi connectivity index (χ3v) is 2.09. The molecule has 2 N–H and O–H groups in total. The molecule has 0 aliphatic heterocycles. The van der Waals surface area contributed by atoms with Gasteiger partial charge in [0.15, 0.2) is 0 Å². The van der Waals surface area contributed by atoms with E-state index in [-0.39, 0.29) is 11.1 Å². The summed E-state index contributed by atoms with van der Waals surface area (Å²) in [5.74, 6) is -1.97. The molecule has 0 saturated heterocycles. The molecule has 0 aromatic heterocycles. The summed E-state index contributed by atoms with van der Waals surface area (Å²) in [4.78, 5) is 36.6. The average molecular weight is 248 g/mol. The van der Waals surface area contributed by atoms with Gasteiger partial charge in [-0.3, -0.25) is 9.59 Å². The quantitative estimate of drug-likeness (QED) is 0.770. The van der Waals surface area contributed by atoms with Gasteiger partial charge in [-0.25, -0.2) is 9.79 Å². The van der Waals surface area contributed by atoms with Crippen LogP contribution in [0.15, 0.2) is 23.2 Å². The maximum atomic E-state index is 11.5. The smallest absolute Gasteiger partial charge is 0.335 e. The van der Waals surface area contributed by atoms with Crippen molar-refractivity contribution in [2.75, 3.05) is 7.05 Å². The zero-order chi connectivity index (χ0) is 13.7. The van der Waals surface area contributed by atoms with E-state index in [1.807, 2.05) is 0 Å². The number of carboxylic acid groups (broad SMARTS) is 1. The third kappa shape index (κ3) is 3.51. The van der Waals surface area contributed by atoms with Crippen molar-refractivity contribution in [3.05, 3.63) is 34.9 Å². The zero-order valence-electron chi connectivity index (χ0n) is 9.93. The molecule has 0 fully saturated rings. The maximum Gasteiger partial charge on any atom is 0.335 e. The minimum Gasteiger partial charge on any atom is -0.478 e. The Labute approximate surface area is 103 Å². The van der Waals surface area contributed by atoms with Gasteiger partial charge in [0, 0.05) is 25.7 Å². The lowest BCUT2D eigenvalue weighted by Crippen LogP contribution is -2.18. The summed E-state index contributed by atoms with van der Waals surface area (Å²) in [6.07, 6.45) is 1.22. The summed E-state index contributed by atoms with van der Waals surface area (Å²) >= 11 is 0. The predicted molar refractivity (Wildman–Crippen MR) is 65.1 cm³/mol. The molecule has 18 heavy (non-hydrogen) atoms. The highest BCUT2D eigenvalue weighted by Gasteiger charge is 2.10. The molecule has 0 heterocycles. The number of nitrogens with one attached hydrogen (secondary N) is 1. The van der Waals surface area contributed by atoms with E-state index in [9.17, 15) is 14.4 Å². The minimum atomic E-state index is -1.15. The molecular formula is C12H12N2O4. The summed E-state index contributed by atoms with van der Waals surface area (Å²) < 4.78 is 0. The molecular weight excluding hydrogens is 236 g/mol. The Morgan fingerprint density at radius 2 is 1.83 bits per heavy atom. The van der Waals surface area contributed by atoms with Crippen molar-refractivity contribution in [2.45, 2.75) is 6.92 Å². The van der Waals surface area contributed by atoms with Gasteiger partial charge < -0.3 is 10.4 Å². The number of hydrogen-bond acceptors (Lipinski definition) is 3. The van der Waals surface area contributed by atoms with Crippen LogP contribution in [0.3, 0.4) is 0 Å². The number of aliphatic imine (C=N–C) groups is 1. The van der Waals surface area contributed by atoms with Crippen molar-refractivity contribution in [1.29, 1.82) is 0 Å². The first kappa shape index (κ1) is 13.6. The van der Waals surface area contributed by atoms with E-state index in [4.69, 9.17) is 5.11 Å². The SMILES string of the molecule is CNC(=O)c1cc(C=NC(C)=O)cc(C(=O)O)c1. The molecule has 0 spiro atoms. The van der Waals surface area contributed by atoms with Crippen molar-refractivity contribution in [3.8, 4) is 0 Å². The van der Waals surface area contributed by atoms with Gasteiger partial charge >= 0.3 is 5.97 Å². The van der Waals surface area contributed by atoms with Gasteiger partial charge in [-0.15, -0.1) is 0 Å². The number of rotatable bonds is 3. The van der Waals surface area contributed by atoms with Crippen LogP contribution < -0.4 is 5.32 Å². The Morgan fingerprint density at radius 1 is 1.22 bits per heavy atom. The van der Waals surface area contributed by atoms with E-state index in [0.717, 1.165) is 0 Å². The molecule has 0 atom stereocenters. The van der Waals surface area contributed by atoms with E-state index in [2.05, 4.69) is 10.3 Å². The highest BCUT2D eigenvalue weighted by atomic mass is 16.4. The number of hydrogen-bond donors (Lipinski definition) is 2. The topological polar surface area (TPSA) is 95.8 Å². The minimum absolute atomic E-state index is 0.0406. The molecule has 0 saturated carbocycles. The Balaban J connectivity index is 3.26. The Kier molecular flexibility index (Phi) is 4.31. The van der Waals surface area contributed by atoms with Gasteiger partial charge in [0.2, 0.25) is 5.91 Å². The van der Waals surface area contributed by atoms with Crippen LogP contribution in [0.2, 0.25) is 0 Å². The van der Waals surface area contributed by atoms with Gasteiger partial charge in [0.25, 0.3) is 5.91 Å². The molecule has 1 aromatic rings. The van der Waals surface area contributed by atoms with Crippen LogP contribution in [0.4, 0.5) is 0 Å². The molecule has 0 unspecified atom stereocenters. The number of aromatic carboxylic acids is 1. The van der Waals surface area contributed by atoms with Crippen molar-refractivity contribution in [2.24, 2.45) is 4.99 Å². The van der Waals surface area contributed by atoms with Gasteiger partial charge in [0.05, 0.1) is 5.56 Å². The lowest BCUT2D eigenvalue weighted by molar-refractivity contribution is -0.115. The number of carboxylic acids is 1. The van der Waals surface area contributed by atoms with Gasteiger partial charge in [0.1, 0.15) is 0 Å². The second-order valence-electron chi connectivity index (χ2n) is 3.51. The van der Waals surface area contributed by atoms with Crippen LogP contribution in [0, 0.1) is 0 Å². The largest absolute Gasteiger partial charge is 0.478 e. The van der Waals surface area contributed by atoms with Crippen LogP contribution in [0.5, 0.6) is 0 Å². The van der Waals surface area contributed by atoms with Crippen LogP contribution in [-0.2, 0) is 4.79 Å². The summed E-state index contributed by atoms with van der Waals surface area (Å²) in [6.45, 7) is 1.28. The van der Waals surface area contributed by atoms with Crippen molar-refractivity contribution in [1.82, 2.24) is 5.32 Å². The molecule has 0 bridgehead atoms. The summed E-state index contributed by atoms with van der Waals surface area (Å²) in [6, 6.07) is 4.05. The Bertz CT molecular complexity index is 535. The summed E-state index contributed by atoms with van der Waals surface area (Å²) in [7, 11) is 1.44. The normalized spacial score (nSPS) is 10.3. The lowest BCUT2D eigenvalue weighted by Gasteiger charge is -2.03. The Morgan fingerprint density at radius 3 is 2.33 bits per heavy atom. The number of benzene rings is 1. The average Bonchev–Trinajstić information content (AvgIpc) is 2.34. The first-order chi connectivity index (χ1) is 8.43. The number of carbonyl (C=O) groups excluding carboxylic acids is 2. The van der Waals surface area contributed by atoms with E-state index in [1.165, 1.54) is 38.4 Å². The number of carbonyl (C=O) groups is 3. The fourth-order valence-electron chi connectivity index (χ4n) is 1.29. The van der Waals surface area contributed by atoms with E-state index < -0.39 is 17.8 Å². The molecule has 1 rings (SSSR count). The van der Waals surface area contributed by atoms with Gasteiger partial charge in [-0.05, 0) is 23.8 Å². The second kappa shape index (κ2) is 5.72. The third-order valence-electron chi connectivity index (χ3n) is 2.09. The molecule has 6 nitrogen and oxygen atoms in total. The molecule has 2 amide bonds. The second-order valence-corrected chi connectivity index (χ2v) is 3.51. The van der Waals surface area contributed by atoms with Crippen molar-refractivity contribution >= 4 is 24.0 Å². The van der Waals surface area contributed by atoms with Crippen molar-refractivity contribution < 1.29 is 19.5 Å². The standard InChI is InChI=1S/C12H12N2O4/c1-7(15)14-6-8-3-9(11(16)13-2)5-10(4-8)12(17)18/h3-6H,1-2H3,(H,13,16)(H,17,18). The first-order valence-electron chi connectivity index (χ1n) is 5.09. The van der Waals surface area contributed by atoms with Crippen LogP contribution in [0.1, 0.15) is 33.2 Å². The van der Waals surface area contributed by atoms with Crippen molar-refractivity contribution in [3.63, 3.8) is 0 Å². The lowest BCUT2D eigenvalue weighted by atomic mass is 10.1. The monoisotopic (exact) mass is 248 g/mol. The number of nitrogens with zero attached hydrogens (tertiary/aromatic N) is 1. The molecule has 0 radical (unpaired) electrons. The number of amides is 2. The highest BCUT2D eigenvalue weighted by molar-refractivity contribution is 6.01. The van der Waals surface area contributed by atoms with E-state index in [0.29, 0.717) is 5.56 Å². The molecule has 94 valence electrons. The fraction of sp³-hybridized carbons (Fsp3) is 0.167. The Hall–Kier alpha value is -2.50. The van der Waals surface area contributed by atoms with E-state index in [1.54, 1.807) is 0 Å². The maximum absolute atomic E-state index is 11.5. The van der Waals surface area contributed by atoms with Crippen LogP contribution >= 0.6 is 0 Å². The van der Waals surface area contributed by atoms with Crippen LogP contribution in [-0.4, -0.2) is 36.2 Å². The zero-order valence-corrected chi connectivity index (χ0v) is 9.93. The van der Waals surface area contributed by atoms with Gasteiger partial charge in [-0.1, -0.05) is 0 Å².